The zero-order chi connectivity index (χ0) is 72.6. The van der Waals surface area contributed by atoms with E-state index in [1.54, 1.807) is 58.6 Å². The molecule has 48 heteroatoms. The van der Waals surface area contributed by atoms with Gasteiger partial charge in [-0.2, -0.15) is 8.62 Å². The Labute approximate surface area is 568 Å². The summed E-state index contributed by atoms with van der Waals surface area (Å²) < 4.78 is 68.6. The summed E-state index contributed by atoms with van der Waals surface area (Å²) in [6, 6.07) is -2.06. The van der Waals surface area contributed by atoms with Gasteiger partial charge in [0.05, 0.1) is 100 Å². The molecule has 8 fully saturated rings. The van der Waals surface area contributed by atoms with Crippen molar-refractivity contribution in [3.8, 4) is 0 Å². The molecule has 0 spiro atoms. The number of nitrogens with zero attached hydrogens (tertiary/aromatic N) is 16. The summed E-state index contributed by atoms with van der Waals surface area (Å²) in [5.74, 6) is 2.05. The first-order valence-corrected chi connectivity index (χ1v) is 36.7. The van der Waals surface area contributed by atoms with Gasteiger partial charge in [0, 0.05) is 21.7 Å². The Morgan fingerprint density at radius 2 is 0.624 bits per heavy atom. The fourth-order valence-electron chi connectivity index (χ4n) is 16.0. The lowest BCUT2D eigenvalue weighted by molar-refractivity contribution is -0.0301. The maximum absolute atomic E-state index is 11.7. The van der Waals surface area contributed by atoms with Gasteiger partial charge in [-0.25, -0.2) is 78.1 Å². The van der Waals surface area contributed by atoms with E-state index in [-0.39, 0.29) is 68.0 Å². The molecule has 8 aliphatic carbocycles. The first-order chi connectivity index (χ1) is 46.7. The number of hydrogen-bond donors (Lipinski definition) is 20. The number of nitrogen functional groups attached to an aromatic ring is 4. The highest BCUT2D eigenvalue weighted by Gasteiger charge is 2.75. The zero-order valence-corrected chi connectivity index (χ0v) is 56.5. The Kier molecular flexibility index (Phi) is 18.7. The van der Waals surface area contributed by atoms with Crippen molar-refractivity contribution in [3.63, 3.8) is 0 Å². The van der Waals surface area contributed by atoms with Crippen LogP contribution in [0, 0.1) is 73.0 Å². The van der Waals surface area contributed by atoms with Crippen molar-refractivity contribution in [2.75, 3.05) is 49.4 Å². The number of aromatic nitrogens is 16. The summed E-state index contributed by atoms with van der Waals surface area (Å²) in [5, 5.41) is 102. The van der Waals surface area contributed by atoms with Crippen LogP contribution in [0.1, 0.15) is 80.6 Å². The Hall–Kier alpha value is -6.48. The van der Waals surface area contributed by atoms with Crippen LogP contribution in [-0.4, -0.2) is 234 Å². The van der Waals surface area contributed by atoms with Crippen LogP contribution in [0.4, 0.5) is 23.3 Å². The van der Waals surface area contributed by atoms with E-state index in [0.717, 1.165) is 0 Å². The van der Waals surface area contributed by atoms with Crippen molar-refractivity contribution in [1.82, 2.24) is 78.1 Å². The molecule has 16 rings (SSSR count). The van der Waals surface area contributed by atoms with E-state index in [2.05, 4.69) is 68.4 Å². The van der Waals surface area contributed by atoms with Gasteiger partial charge in [-0.3, -0.25) is 9.05 Å². The molecule has 2 unspecified atom stereocenters. The molecule has 552 valence electrons. The molecule has 0 amide bonds. The molecule has 24 N–H and O–H groups in total. The SMILES string of the molecule is C.Cc1nc(N)c2ncn([C@H]3[C@H](O)[C@H](O)[C@]4(CO)C[C@H]34)c2n1.Cc1nc(N)c2ncn([C@H]3[C@H](O)[C@H](O)[C@]4(CO)C[C@H]34)c2n1.Cc1nc(N)c2ncn([C@H]3[C@H](O)[C@H](O)[C@]4(COP(=O)(O)OP(=O)(O)O)C[C@H]34)c2n1.Cc1nc(N)c2ncn([C@H]3[C@H](O)[C@H](O)[C@]4(COP(=O)(O)OP(=O)(O)O)C[C@H]34)c2n1. The molecule has 22 atom stereocenters. The minimum Gasteiger partial charge on any atom is -0.396 e. The number of hydrogen-bond acceptors (Lipinski definition) is 34. The van der Waals surface area contributed by atoms with Gasteiger partial charge in [-0.05, 0) is 77.0 Å². The number of imidazole rings is 4. The van der Waals surface area contributed by atoms with E-state index in [0.29, 0.717) is 105 Å². The summed E-state index contributed by atoms with van der Waals surface area (Å²) in [4.78, 5) is 104. The molecule has 8 saturated carbocycles. The average Bonchev–Trinajstić information content (AvgIpc) is 1.54. The average molecular weight is 1500 g/mol. The van der Waals surface area contributed by atoms with E-state index in [1.807, 2.05) is 0 Å². The van der Waals surface area contributed by atoms with Gasteiger partial charge >= 0.3 is 31.3 Å². The third-order valence-electron chi connectivity index (χ3n) is 20.9. The van der Waals surface area contributed by atoms with Crippen LogP contribution in [-0.2, 0) is 35.9 Å². The molecule has 0 aromatic carbocycles. The summed E-state index contributed by atoms with van der Waals surface area (Å²) >= 11 is 0. The maximum Gasteiger partial charge on any atom is 0.481 e. The van der Waals surface area contributed by atoms with E-state index < -0.39 is 127 Å². The number of anilines is 4. The van der Waals surface area contributed by atoms with Crippen molar-refractivity contribution in [1.29, 1.82) is 0 Å². The molecule has 0 bridgehead atoms. The Balaban J connectivity index is 0.000000128. The molecule has 44 nitrogen and oxygen atoms in total. The van der Waals surface area contributed by atoms with E-state index in [4.69, 9.17) is 51.6 Å². The van der Waals surface area contributed by atoms with Gasteiger partial charge in [-0.1, -0.05) is 7.43 Å². The van der Waals surface area contributed by atoms with Crippen molar-refractivity contribution < 1.29 is 116 Å². The second kappa shape index (κ2) is 25.4. The van der Waals surface area contributed by atoms with E-state index >= 15 is 0 Å². The van der Waals surface area contributed by atoms with Crippen LogP contribution in [0.15, 0.2) is 25.3 Å². The van der Waals surface area contributed by atoms with Crippen LogP contribution in [0.2, 0.25) is 0 Å². The third kappa shape index (κ3) is 12.6. The summed E-state index contributed by atoms with van der Waals surface area (Å²) in [5.41, 5.74) is 23.5. The van der Waals surface area contributed by atoms with Crippen LogP contribution >= 0.6 is 31.3 Å². The lowest BCUT2D eigenvalue weighted by atomic mass is 10.0. The van der Waals surface area contributed by atoms with Crippen LogP contribution in [0.25, 0.3) is 44.7 Å². The van der Waals surface area contributed by atoms with Gasteiger partial charge in [0.2, 0.25) is 0 Å². The van der Waals surface area contributed by atoms with Crippen LogP contribution in [0.5, 0.6) is 0 Å². The van der Waals surface area contributed by atoms with Gasteiger partial charge in [-0.15, -0.1) is 0 Å². The second-order valence-electron chi connectivity index (χ2n) is 26.7. The fourth-order valence-corrected chi connectivity index (χ4v) is 19.3. The molecule has 0 saturated heterocycles. The van der Waals surface area contributed by atoms with Crippen LogP contribution < -0.4 is 22.9 Å². The number of aliphatic hydroxyl groups is 10. The lowest BCUT2D eigenvalue weighted by Gasteiger charge is -2.24. The molecule has 101 heavy (non-hydrogen) atoms. The highest BCUT2D eigenvalue weighted by molar-refractivity contribution is 7.61. The molecular formula is C53H76N20O24P4. The fraction of sp³-hybridized carbons (Fsp3) is 0.623. The number of phosphoric acid groups is 4. The Bertz CT molecular complexity index is 4480. The first-order valence-electron chi connectivity index (χ1n) is 30.7. The first kappa shape index (κ1) is 74.2. The normalized spacial score (nSPS) is 35.0. The number of rotatable bonds is 16. The van der Waals surface area contributed by atoms with Crippen molar-refractivity contribution in [3.05, 3.63) is 48.6 Å². The number of phosphoric ester groups is 2. The highest BCUT2D eigenvalue weighted by Crippen LogP contribution is 2.72. The predicted octanol–water partition coefficient (Wildman–Crippen LogP) is -2.93. The Morgan fingerprint density at radius 1 is 0.406 bits per heavy atom. The maximum atomic E-state index is 11.7. The molecule has 0 aliphatic heterocycles. The standard InChI is InChI=1S/2C13H19N5O9P2.2C13H17N5O3.CH4/c2*1-5-16-11(14)7-12(17-5)18(4-15-7)8-6-2-13(6,10(20)9(8)19)3-26-29(24,25)27-28(21,22)23;2*1-5-16-11(14)7-12(17-5)18(4-15-7)8-6-2-13(6,3-19)10(21)9(8)20;/h2*4,6,8-10,19-20H,2-3H2,1H3,(H,24,25)(H2,14,16,17)(H2,21,22,23);2*4,6,8-10,19-21H,2-3H2,1H3,(H2,14,16,17);1H4/t4*6-,8-,9+,10+,13+;/m1111./s1. The lowest BCUT2D eigenvalue weighted by Crippen LogP contribution is -2.35. The Morgan fingerprint density at radius 3 is 0.842 bits per heavy atom. The highest BCUT2D eigenvalue weighted by atomic mass is 31.3. The van der Waals surface area contributed by atoms with Crippen molar-refractivity contribution in [2.45, 2.75) is 134 Å². The molecule has 8 heterocycles. The van der Waals surface area contributed by atoms with Gasteiger partial charge in [0.25, 0.3) is 0 Å². The molecule has 0 radical (unpaired) electrons. The van der Waals surface area contributed by atoms with Gasteiger partial charge in [0.15, 0.2) is 45.9 Å². The quantitative estimate of drug-likeness (QED) is 0.0431. The zero-order valence-electron chi connectivity index (χ0n) is 52.9. The van der Waals surface area contributed by atoms with E-state index in [1.165, 1.54) is 12.7 Å². The monoisotopic (exact) mass is 1500 g/mol. The summed E-state index contributed by atoms with van der Waals surface area (Å²) in [6.07, 6.45) is -0.983. The van der Waals surface area contributed by atoms with Crippen molar-refractivity contribution >= 4 is 99.2 Å². The summed E-state index contributed by atoms with van der Waals surface area (Å²) in [7, 11) is -20.7. The third-order valence-corrected chi connectivity index (χ3v) is 25.2. The topological polar surface area (TPSA) is 707 Å². The largest absolute Gasteiger partial charge is 0.481 e. The number of fused-ring (bicyclic) bond motifs is 8. The molecule has 8 aliphatic rings. The van der Waals surface area contributed by atoms with Gasteiger partial charge in [0.1, 0.15) is 69.8 Å². The number of aryl methyl sites for hydroxylation is 4. The molecular weight excluding hydrogens is 1420 g/mol. The summed E-state index contributed by atoms with van der Waals surface area (Å²) in [6.45, 7) is 5.39. The van der Waals surface area contributed by atoms with E-state index in [9.17, 15) is 79.1 Å². The minimum atomic E-state index is -5.26. The minimum absolute atomic E-state index is 0. The molecule has 8 aromatic rings. The smallest absolute Gasteiger partial charge is 0.396 e. The van der Waals surface area contributed by atoms with Crippen molar-refractivity contribution in [2.24, 2.45) is 45.3 Å². The molecule has 8 aromatic heterocycles. The number of aliphatic hydroxyl groups excluding tert-OH is 10. The number of nitrogens with two attached hydrogens (primary N) is 4. The second-order valence-corrected chi connectivity index (χ2v) is 32.4. The predicted molar refractivity (Wildman–Crippen MR) is 343 cm³/mol. The van der Waals surface area contributed by atoms with Crippen LogP contribution in [0.3, 0.4) is 0 Å². The van der Waals surface area contributed by atoms with Gasteiger partial charge < -0.3 is 122 Å².